The Labute approximate surface area is 118 Å². The van der Waals surface area contributed by atoms with Crippen LogP contribution in [0.3, 0.4) is 0 Å². The van der Waals surface area contributed by atoms with Gasteiger partial charge in [0.25, 0.3) is 0 Å². The van der Waals surface area contributed by atoms with E-state index < -0.39 is 31.8 Å². The first kappa shape index (κ1) is 16.1. The lowest BCUT2D eigenvalue weighted by molar-refractivity contribution is -0.400. The van der Waals surface area contributed by atoms with Crippen molar-refractivity contribution in [3.05, 3.63) is 36.4 Å². The molecule has 1 rings (SSSR count). The van der Waals surface area contributed by atoms with Gasteiger partial charge in [0.05, 0.1) is 20.8 Å². The SMILES string of the molecule is CCNc1c([N+](=O)[O-])cc([N+](=O)[O-])c(NCC)c1[N+](=O)[O-]. The Balaban J connectivity index is 3.83. The highest BCUT2D eigenvalue weighted by molar-refractivity contribution is 5.90. The van der Waals surface area contributed by atoms with Crippen molar-refractivity contribution in [3.63, 3.8) is 0 Å². The maximum atomic E-state index is 11.2. The molecule has 0 fully saturated rings. The topological polar surface area (TPSA) is 153 Å². The first-order chi connectivity index (χ1) is 9.84. The normalized spacial score (nSPS) is 10.0. The number of hydrogen-bond donors (Lipinski definition) is 2. The van der Waals surface area contributed by atoms with E-state index in [9.17, 15) is 30.3 Å². The molecule has 0 spiro atoms. The van der Waals surface area contributed by atoms with Crippen molar-refractivity contribution in [2.45, 2.75) is 13.8 Å². The van der Waals surface area contributed by atoms with Crippen LogP contribution in [0.5, 0.6) is 0 Å². The van der Waals surface area contributed by atoms with Gasteiger partial charge in [0.15, 0.2) is 11.4 Å². The molecule has 1 aromatic rings. The van der Waals surface area contributed by atoms with Crippen LogP contribution in [0.2, 0.25) is 0 Å². The lowest BCUT2D eigenvalue weighted by atomic mass is 10.1. The first-order valence-corrected chi connectivity index (χ1v) is 5.96. The fourth-order valence-electron chi connectivity index (χ4n) is 1.81. The van der Waals surface area contributed by atoms with Gasteiger partial charge in [-0.2, -0.15) is 0 Å². The molecule has 0 atom stereocenters. The van der Waals surface area contributed by atoms with Gasteiger partial charge < -0.3 is 10.6 Å². The number of nitro benzene ring substituents is 3. The Kier molecular flexibility index (Phi) is 4.94. The molecule has 1 aromatic carbocycles. The number of rotatable bonds is 7. The van der Waals surface area contributed by atoms with Crippen molar-refractivity contribution in [1.82, 2.24) is 0 Å². The molecule has 0 heterocycles. The summed E-state index contributed by atoms with van der Waals surface area (Å²) in [4.78, 5) is 30.6. The first-order valence-electron chi connectivity index (χ1n) is 5.96. The summed E-state index contributed by atoms with van der Waals surface area (Å²) in [6.45, 7) is 3.57. The van der Waals surface area contributed by atoms with Gasteiger partial charge in [0, 0.05) is 13.1 Å². The molecule has 2 N–H and O–H groups in total. The third-order valence-electron chi connectivity index (χ3n) is 2.54. The minimum absolute atomic E-state index is 0.186. The highest BCUT2D eigenvalue weighted by atomic mass is 16.6. The van der Waals surface area contributed by atoms with E-state index in [2.05, 4.69) is 10.6 Å². The minimum Gasteiger partial charge on any atom is -0.374 e. The molecule has 0 bridgehead atoms. The van der Waals surface area contributed by atoms with Crippen LogP contribution >= 0.6 is 0 Å². The second kappa shape index (κ2) is 6.45. The van der Waals surface area contributed by atoms with Gasteiger partial charge in [-0.15, -0.1) is 0 Å². The summed E-state index contributed by atoms with van der Waals surface area (Å²) in [7, 11) is 0. The molecule has 0 unspecified atom stereocenters. The van der Waals surface area contributed by atoms with Gasteiger partial charge in [0.2, 0.25) is 0 Å². The van der Waals surface area contributed by atoms with Crippen LogP contribution in [0.25, 0.3) is 0 Å². The number of hydrogen-bond acceptors (Lipinski definition) is 8. The number of nitrogens with one attached hydrogen (secondary N) is 2. The third-order valence-corrected chi connectivity index (χ3v) is 2.54. The van der Waals surface area contributed by atoms with E-state index in [0.717, 1.165) is 0 Å². The quantitative estimate of drug-likeness (QED) is 0.574. The van der Waals surface area contributed by atoms with E-state index in [1.807, 2.05) is 0 Å². The number of anilines is 2. The zero-order valence-electron chi connectivity index (χ0n) is 11.3. The van der Waals surface area contributed by atoms with Gasteiger partial charge in [-0.25, -0.2) is 0 Å². The summed E-state index contributed by atoms with van der Waals surface area (Å²) in [6, 6.07) is 0.711. The Hall–Kier alpha value is -2.98. The number of nitrogens with zero attached hydrogens (tertiary/aromatic N) is 3. The Morgan fingerprint density at radius 1 is 0.857 bits per heavy atom. The Morgan fingerprint density at radius 2 is 1.24 bits per heavy atom. The summed E-state index contributed by atoms with van der Waals surface area (Å²) in [5, 5.41) is 38.3. The van der Waals surface area contributed by atoms with Crippen molar-refractivity contribution >= 4 is 28.4 Å². The van der Waals surface area contributed by atoms with Crippen LogP contribution in [-0.4, -0.2) is 27.9 Å². The second-order valence-electron chi connectivity index (χ2n) is 3.85. The molecule has 0 aromatic heterocycles. The number of benzene rings is 1. The summed E-state index contributed by atoms with van der Waals surface area (Å²) < 4.78 is 0. The average Bonchev–Trinajstić information content (AvgIpc) is 2.38. The van der Waals surface area contributed by atoms with Crippen LogP contribution < -0.4 is 10.6 Å². The molecule has 114 valence electrons. The van der Waals surface area contributed by atoms with Crippen molar-refractivity contribution < 1.29 is 14.8 Å². The maximum Gasteiger partial charge on any atom is 0.329 e. The zero-order chi connectivity index (χ0) is 16.2. The molecule has 0 saturated heterocycles. The van der Waals surface area contributed by atoms with Gasteiger partial charge >= 0.3 is 17.1 Å². The summed E-state index contributed by atoms with van der Waals surface area (Å²) in [6.07, 6.45) is 0. The van der Waals surface area contributed by atoms with E-state index in [-0.39, 0.29) is 24.5 Å². The average molecular weight is 299 g/mol. The fraction of sp³-hybridized carbons (Fsp3) is 0.400. The molecule has 21 heavy (non-hydrogen) atoms. The molecule has 0 amide bonds. The van der Waals surface area contributed by atoms with Crippen LogP contribution in [-0.2, 0) is 0 Å². The predicted octanol–water partition coefficient (Wildman–Crippen LogP) is 2.27. The second-order valence-corrected chi connectivity index (χ2v) is 3.85. The monoisotopic (exact) mass is 299 g/mol. The van der Waals surface area contributed by atoms with Crippen LogP contribution in [0.4, 0.5) is 28.4 Å². The number of nitro groups is 3. The molecular formula is C10H13N5O6. The summed E-state index contributed by atoms with van der Waals surface area (Å²) in [5.41, 5.74) is -2.84. The minimum atomic E-state index is -0.895. The van der Waals surface area contributed by atoms with Crippen LogP contribution in [0.15, 0.2) is 6.07 Å². The third kappa shape index (κ3) is 3.13. The van der Waals surface area contributed by atoms with E-state index >= 15 is 0 Å². The van der Waals surface area contributed by atoms with Crippen molar-refractivity contribution in [1.29, 1.82) is 0 Å². The predicted molar refractivity (Wildman–Crippen MR) is 74.7 cm³/mol. The van der Waals surface area contributed by atoms with E-state index in [1.54, 1.807) is 13.8 Å². The molecule has 0 aliphatic carbocycles. The van der Waals surface area contributed by atoms with Gasteiger partial charge in [0.1, 0.15) is 0 Å². The fourth-order valence-corrected chi connectivity index (χ4v) is 1.81. The largest absolute Gasteiger partial charge is 0.374 e. The Bertz CT molecular complexity index is 560. The van der Waals surface area contributed by atoms with Crippen molar-refractivity contribution in [2.24, 2.45) is 0 Å². The smallest absolute Gasteiger partial charge is 0.329 e. The van der Waals surface area contributed by atoms with Gasteiger partial charge in [-0.3, -0.25) is 30.3 Å². The molecule has 11 nitrogen and oxygen atoms in total. The molecule has 0 saturated carbocycles. The molecular weight excluding hydrogens is 286 g/mol. The lowest BCUT2D eigenvalue weighted by Crippen LogP contribution is -2.10. The van der Waals surface area contributed by atoms with Crippen molar-refractivity contribution in [3.8, 4) is 0 Å². The van der Waals surface area contributed by atoms with Crippen molar-refractivity contribution in [2.75, 3.05) is 23.7 Å². The lowest BCUT2D eigenvalue weighted by Gasteiger charge is -2.10. The van der Waals surface area contributed by atoms with E-state index in [0.29, 0.717) is 6.07 Å². The molecule has 11 heteroatoms. The molecule has 0 aliphatic heterocycles. The van der Waals surface area contributed by atoms with Gasteiger partial charge in [-0.1, -0.05) is 0 Å². The van der Waals surface area contributed by atoms with Crippen LogP contribution in [0, 0.1) is 30.3 Å². The Morgan fingerprint density at radius 3 is 1.48 bits per heavy atom. The summed E-state index contributed by atoms with van der Waals surface area (Å²) in [5.74, 6) is 0. The van der Waals surface area contributed by atoms with E-state index in [1.165, 1.54) is 0 Å². The highest BCUT2D eigenvalue weighted by Crippen LogP contribution is 2.46. The standard InChI is InChI=1S/C10H13N5O6/c1-3-11-8-6(13(16)17)5-7(14(18)19)9(12-4-2)10(8)15(20)21/h5,11-12H,3-4H2,1-2H3. The highest BCUT2D eigenvalue weighted by Gasteiger charge is 2.36. The molecule has 0 aliphatic rings. The zero-order valence-corrected chi connectivity index (χ0v) is 11.3. The van der Waals surface area contributed by atoms with Gasteiger partial charge in [-0.05, 0) is 13.8 Å². The van der Waals surface area contributed by atoms with E-state index in [4.69, 9.17) is 0 Å². The van der Waals surface area contributed by atoms with Crippen LogP contribution in [0.1, 0.15) is 13.8 Å². The maximum absolute atomic E-state index is 11.2. The summed E-state index contributed by atoms with van der Waals surface area (Å²) >= 11 is 0. The molecule has 0 radical (unpaired) electrons.